The summed E-state index contributed by atoms with van der Waals surface area (Å²) in [6, 6.07) is 38.3. The number of hydrogen-bond acceptors (Lipinski definition) is 10. The Hall–Kier alpha value is -3.79. The van der Waals surface area contributed by atoms with Crippen LogP contribution in [0.3, 0.4) is 0 Å². The average molecular weight is 759 g/mol. The molecule has 2 aliphatic rings. The topological polar surface area (TPSA) is 151 Å². The predicted octanol–water partition coefficient (Wildman–Crippen LogP) is 3.61. The van der Waals surface area contributed by atoms with E-state index in [0.717, 1.165) is 22.3 Å². The van der Waals surface area contributed by atoms with Crippen LogP contribution in [-0.4, -0.2) is 93.7 Å². The highest BCUT2D eigenvalue weighted by Crippen LogP contribution is 2.38. The highest BCUT2D eigenvalue weighted by Gasteiger charge is 2.57. The maximum atomic E-state index is 10.9. The van der Waals surface area contributed by atoms with Crippen LogP contribution in [0.2, 0.25) is 0 Å². The summed E-state index contributed by atoms with van der Waals surface area (Å²) in [4.78, 5) is 0. The second-order valence-corrected chi connectivity index (χ2v) is 14.5. The first-order chi connectivity index (χ1) is 26.3. The zero-order valence-corrected chi connectivity index (χ0v) is 31.0. The van der Waals surface area contributed by atoms with E-state index in [4.69, 9.17) is 35.9 Å². The van der Waals surface area contributed by atoms with Crippen LogP contribution in [0, 0.1) is 5.41 Å². The molecule has 0 bridgehead atoms. The molecule has 1 saturated heterocycles. The lowest BCUT2D eigenvalue weighted by atomic mass is 9.83. The summed E-state index contributed by atoms with van der Waals surface area (Å²) in [7, 11) is 0. The van der Waals surface area contributed by atoms with Crippen molar-refractivity contribution in [2.45, 2.75) is 88.3 Å². The minimum absolute atomic E-state index is 0.0488. The number of hydrogen-bond donors (Lipinski definition) is 6. The number of aliphatic hydroxyl groups excluding tert-OH is 4. The lowest BCUT2D eigenvalue weighted by Crippen LogP contribution is -2.66. The molecule has 10 atom stereocenters. The molecule has 54 heavy (non-hydrogen) atoms. The first-order valence-corrected chi connectivity index (χ1v) is 18.6. The van der Waals surface area contributed by atoms with Crippen LogP contribution in [0.1, 0.15) is 29.2 Å². The van der Waals surface area contributed by atoms with Crippen molar-refractivity contribution in [1.82, 2.24) is 10.6 Å². The van der Waals surface area contributed by atoms with Gasteiger partial charge in [-0.05, 0) is 34.5 Å². The lowest BCUT2D eigenvalue weighted by Gasteiger charge is -2.46. The van der Waals surface area contributed by atoms with Crippen LogP contribution in [0.5, 0.6) is 0 Å². The Bertz CT molecular complexity index is 1710. The molecule has 0 radical (unpaired) electrons. The molecule has 0 amide bonds. The quantitative estimate of drug-likeness (QED) is 0.0928. The Morgan fingerprint density at radius 3 is 1.56 bits per heavy atom. The highest BCUT2D eigenvalue weighted by atomic mass is 32.1. The third-order valence-electron chi connectivity index (χ3n) is 10.2. The van der Waals surface area contributed by atoms with E-state index in [2.05, 4.69) is 10.6 Å². The van der Waals surface area contributed by atoms with Crippen LogP contribution in [-0.2, 0) is 50.1 Å². The normalized spacial score (nSPS) is 29.5. The molecule has 0 aromatic heterocycles. The number of benzene rings is 4. The molecule has 0 unspecified atom stereocenters. The van der Waals surface area contributed by atoms with Crippen molar-refractivity contribution in [2.75, 3.05) is 13.2 Å². The van der Waals surface area contributed by atoms with Crippen LogP contribution in [0.4, 0.5) is 0 Å². The smallest absolute Gasteiger partial charge is 0.168 e. The van der Waals surface area contributed by atoms with Crippen molar-refractivity contribution in [3.63, 3.8) is 0 Å². The third-order valence-corrected chi connectivity index (χ3v) is 10.4. The molecular weight excluding hydrogens is 709 g/mol. The van der Waals surface area contributed by atoms with E-state index in [1.807, 2.05) is 121 Å². The van der Waals surface area contributed by atoms with Gasteiger partial charge in [-0.3, -0.25) is 0 Å². The summed E-state index contributed by atoms with van der Waals surface area (Å²) in [6.07, 6.45) is -8.05. The minimum atomic E-state index is -1.49. The van der Waals surface area contributed by atoms with Gasteiger partial charge in [-0.1, -0.05) is 128 Å². The Morgan fingerprint density at radius 1 is 0.630 bits per heavy atom. The first kappa shape index (κ1) is 39.9. The van der Waals surface area contributed by atoms with Gasteiger partial charge in [0.2, 0.25) is 0 Å². The molecule has 6 N–H and O–H groups in total. The number of thiocarbonyl (C=S) groups is 1. The summed E-state index contributed by atoms with van der Waals surface area (Å²) >= 11 is 5.78. The average Bonchev–Trinajstić information content (AvgIpc) is 3.36. The maximum absolute atomic E-state index is 10.9. The van der Waals surface area contributed by atoms with E-state index in [-0.39, 0.29) is 31.5 Å². The second-order valence-electron chi connectivity index (χ2n) is 14.1. The van der Waals surface area contributed by atoms with Crippen molar-refractivity contribution < 1.29 is 44.1 Å². The van der Waals surface area contributed by atoms with E-state index in [0.29, 0.717) is 6.61 Å². The second kappa shape index (κ2) is 19.2. The van der Waals surface area contributed by atoms with Crippen LogP contribution < -0.4 is 10.6 Å². The summed E-state index contributed by atoms with van der Waals surface area (Å²) in [6.45, 7) is 2.31. The van der Waals surface area contributed by atoms with E-state index in [9.17, 15) is 20.4 Å². The Labute approximate surface area is 321 Å². The van der Waals surface area contributed by atoms with E-state index >= 15 is 0 Å². The van der Waals surface area contributed by atoms with Gasteiger partial charge in [0, 0.05) is 5.41 Å². The molecule has 288 valence electrons. The van der Waals surface area contributed by atoms with Gasteiger partial charge in [-0.2, -0.15) is 0 Å². The van der Waals surface area contributed by atoms with Crippen molar-refractivity contribution in [3.8, 4) is 0 Å². The van der Waals surface area contributed by atoms with Crippen LogP contribution in [0.15, 0.2) is 121 Å². The van der Waals surface area contributed by atoms with Gasteiger partial charge in [-0.25, -0.2) is 0 Å². The molecule has 11 nitrogen and oxygen atoms in total. The summed E-state index contributed by atoms with van der Waals surface area (Å²) in [5.41, 5.74) is 2.57. The minimum Gasteiger partial charge on any atom is -0.396 e. The Kier molecular flexibility index (Phi) is 14.2. The molecule has 1 aliphatic heterocycles. The molecule has 2 fully saturated rings. The SMILES string of the molecule is C[C@@]1(CO)[C@H](NC(=S)N[C@H]2O[C@H](COCc3ccccc3)[C@@H](OCc3ccccc3)[C@H](OCc3ccccc3)[C@H]2OCc2ccccc2)[C@H](O)[C@@H](O)[C@@H]1O. The number of rotatable bonds is 16. The van der Waals surface area contributed by atoms with Gasteiger partial charge in [0.15, 0.2) is 11.3 Å². The zero-order valence-electron chi connectivity index (χ0n) is 30.2. The number of aliphatic hydroxyl groups is 4. The van der Waals surface area contributed by atoms with E-state index in [1.165, 1.54) is 0 Å². The summed E-state index contributed by atoms with van der Waals surface area (Å²) in [5, 5.41) is 48.6. The van der Waals surface area contributed by atoms with Crippen LogP contribution >= 0.6 is 12.2 Å². The molecule has 4 aromatic carbocycles. The van der Waals surface area contributed by atoms with Gasteiger partial charge >= 0.3 is 0 Å². The van der Waals surface area contributed by atoms with Crippen molar-refractivity contribution >= 4 is 17.3 Å². The molecule has 6 rings (SSSR count). The number of ether oxygens (including phenoxy) is 5. The summed E-state index contributed by atoms with van der Waals surface area (Å²) in [5.74, 6) is 0. The molecule has 0 spiro atoms. The maximum Gasteiger partial charge on any atom is 0.168 e. The molecular formula is C42H50N2O9S. The fourth-order valence-electron chi connectivity index (χ4n) is 7.01. The standard InChI is InChI=1S/C42H50N2O9S/c1-42(27-45)38(33(46)34(47)39(42)48)43-41(54)44-40-37(52-25-31-20-12-5-13-21-31)36(51-24-30-18-10-4-11-19-30)35(50-23-29-16-8-3-9-17-29)32(53-40)26-49-22-28-14-6-2-7-15-28/h2-21,32-40,45-48H,22-27H2,1H3,(H2,43,44,54)/t32-,33-,34-,35-,36+,37-,38-,39+,40+,42-/m1/s1. The van der Waals surface area contributed by atoms with Gasteiger partial charge in [0.05, 0.1) is 51.8 Å². The van der Waals surface area contributed by atoms with E-state index < -0.39 is 67.0 Å². The third kappa shape index (κ3) is 9.89. The molecule has 1 heterocycles. The largest absolute Gasteiger partial charge is 0.396 e. The molecule has 1 saturated carbocycles. The van der Waals surface area contributed by atoms with Crippen LogP contribution in [0.25, 0.3) is 0 Å². The summed E-state index contributed by atoms with van der Waals surface area (Å²) < 4.78 is 33.2. The fourth-order valence-corrected chi connectivity index (χ4v) is 7.25. The van der Waals surface area contributed by atoms with E-state index in [1.54, 1.807) is 6.92 Å². The number of nitrogens with one attached hydrogen (secondary N) is 2. The molecule has 12 heteroatoms. The highest BCUT2D eigenvalue weighted by molar-refractivity contribution is 7.80. The van der Waals surface area contributed by atoms with Crippen molar-refractivity contribution in [3.05, 3.63) is 144 Å². The van der Waals surface area contributed by atoms with Gasteiger partial charge < -0.3 is 54.7 Å². The van der Waals surface area contributed by atoms with Crippen molar-refractivity contribution in [1.29, 1.82) is 0 Å². The zero-order chi connectivity index (χ0) is 37.9. The van der Waals surface area contributed by atoms with Gasteiger partial charge in [0.25, 0.3) is 0 Å². The Balaban J connectivity index is 1.31. The molecule has 4 aromatic rings. The molecule has 1 aliphatic carbocycles. The monoisotopic (exact) mass is 758 g/mol. The fraction of sp³-hybridized carbons (Fsp3) is 0.405. The first-order valence-electron chi connectivity index (χ1n) is 18.2. The van der Waals surface area contributed by atoms with Gasteiger partial charge in [0.1, 0.15) is 36.6 Å². The Morgan fingerprint density at radius 2 is 1.07 bits per heavy atom. The lowest BCUT2D eigenvalue weighted by molar-refractivity contribution is -0.275. The van der Waals surface area contributed by atoms with Crippen molar-refractivity contribution in [2.24, 2.45) is 5.41 Å². The van der Waals surface area contributed by atoms with Gasteiger partial charge in [-0.15, -0.1) is 0 Å². The predicted molar refractivity (Wildman–Crippen MR) is 206 cm³/mol.